The second-order valence-corrected chi connectivity index (χ2v) is 7.90. The number of carbonyl (C=O) groups is 1. The number of benzene rings is 2. The largest absolute Gasteiger partial charge is 0.497 e. The molecule has 0 aliphatic carbocycles. The molecule has 7 nitrogen and oxygen atoms in total. The van der Waals surface area contributed by atoms with Gasteiger partial charge in [0.05, 0.1) is 13.2 Å². The number of H-pyrrole nitrogens is 1. The van der Waals surface area contributed by atoms with Crippen LogP contribution in [0.2, 0.25) is 0 Å². The highest BCUT2D eigenvalue weighted by molar-refractivity contribution is 5.83. The van der Waals surface area contributed by atoms with Crippen molar-refractivity contribution in [3.8, 4) is 5.75 Å². The monoisotopic (exact) mass is 432 g/mol. The van der Waals surface area contributed by atoms with Gasteiger partial charge in [-0.15, -0.1) is 10.2 Å². The second kappa shape index (κ2) is 9.68. The predicted octanol–water partition coefficient (Wildman–Crippen LogP) is 4.50. The minimum Gasteiger partial charge on any atom is -0.497 e. The number of hydrogen-bond donors (Lipinski definition) is 1. The Labute approximate surface area is 187 Å². The zero-order valence-electron chi connectivity index (χ0n) is 18.7. The first kappa shape index (κ1) is 21.6. The molecule has 0 aliphatic rings. The van der Waals surface area contributed by atoms with Crippen molar-refractivity contribution >= 4 is 16.8 Å². The Morgan fingerprint density at radius 2 is 1.78 bits per heavy atom. The summed E-state index contributed by atoms with van der Waals surface area (Å²) in [6.45, 7) is 2.01. The first-order chi connectivity index (χ1) is 15.5. The third-order valence-corrected chi connectivity index (χ3v) is 5.92. The Balaban J connectivity index is 1.28. The summed E-state index contributed by atoms with van der Waals surface area (Å²) in [7, 11) is 3.46. The SMILES string of the molecule is COc1ccc([C@@H](C)N(C)C(=O)CCc2nnc(CCc3c[nH]c4ccccc34)o2)cc1. The number of rotatable bonds is 9. The number of aryl methyl sites for hydroxylation is 3. The van der Waals surface area contributed by atoms with E-state index < -0.39 is 0 Å². The number of hydrogen-bond acceptors (Lipinski definition) is 5. The first-order valence-corrected chi connectivity index (χ1v) is 10.8. The number of nitrogens with zero attached hydrogens (tertiary/aromatic N) is 3. The number of aromatic amines is 1. The van der Waals surface area contributed by atoms with Crippen LogP contribution in [0.25, 0.3) is 10.9 Å². The van der Waals surface area contributed by atoms with Crippen molar-refractivity contribution < 1.29 is 13.9 Å². The molecule has 166 valence electrons. The molecule has 7 heteroatoms. The van der Waals surface area contributed by atoms with Crippen LogP contribution in [-0.2, 0) is 24.1 Å². The molecule has 0 saturated carbocycles. The highest BCUT2D eigenvalue weighted by Gasteiger charge is 2.18. The minimum absolute atomic E-state index is 0.0341. The van der Waals surface area contributed by atoms with E-state index in [1.165, 1.54) is 10.9 Å². The molecule has 0 unspecified atom stereocenters. The van der Waals surface area contributed by atoms with Gasteiger partial charge in [-0.05, 0) is 42.7 Å². The highest BCUT2D eigenvalue weighted by Crippen LogP contribution is 2.23. The zero-order valence-corrected chi connectivity index (χ0v) is 18.7. The molecule has 32 heavy (non-hydrogen) atoms. The molecule has 4 aromatic rings. The lowest BCUT2D eigenvalue weighted by Gasteiger charge is -2.25. The van der Waals surface area contributed by atoms with Gasteiger partial charge in [0.2, 0.25) is 17.7 Å². The molecule has 2 aromatic carbocycles. The van der Waals surface area contributed by atoms with Gasteiger partial charge in [0.1, 0.15) is 5.75 Å². The number of carbonyl (C=O) groups excluding carboxylic acids is 1. The number of para-hydroxylation sites is 1. The van der Waals surface area contributed by atoms with Gasteiger partial charge in [-0.2, -0.15) is 0 Å². The molecule has 2 heterocycles. The van der Waals surface area contributed by atoms with Crippen molar-refractivity contribution in [1.29, 1.82) is 0 Å². The fourth-order valence-corrected chi connectivity index (χ4v) is 3.78. The smallest absolute Gasteiger partial charge is 0.223 e. The molecular weight excluding hydrogens is 404 g/mol. The highest BCUT2D eigenvalue weighted by atomic mass is 16.5. The van der Waals surface area contributed by atoms with E-state index in [0.29, 0.717) is 31.0 Å². The van der Waals surface area contributed by atoms with Crippen molar-refractivity contribution in [2.24, 2.45) is 0 Å². The van der Waals surface area contributed by atoms with E-state index in [4.69, 9.17) is 9.15 Å². The second-order valence-electron chi connectivity index (χ2n) is 7.90. The average molecular weight is 433 g/mol. The molecule has 1 amide bonds. The van der Waals surface area contributed by atoms with Crippen LogP contribution in [0, 0.1) is 0 Å². The van der Waals surface area contributed by atoms with Gasteiger partial charge in [0.25, 0.3) is 0 Å². The summed E-state index contributed by atoms with van der Waals surface area (Å²) in [5, 5.41) is 9.49. The van der Waals surface area contributed by atoms with E-state index in [1.807, 2.05) is 56.6 Å². The maximum Gasteiger partial charge on any atom is 0.223 e. The fourth-order valence-electron chi connectivity index (χ4n) is 3.78. The van der Waals surface area contributed by atoms with Gasteiger partial charge in [0, 0.05) is 43.4 Å². The summed E-state index contributed by atoms with van der Waals surface area (Å²) < 4.78 is 11.0. The van der Waals surface area contributed by atoms with E-state index in [-0.39, 0.29) is 11.9 Å². The molecule has 0 bridgehead atoms. The van der Waals surface area contributed by atoms with Gasteiger partial charge >= 0.3 is 0 Å². The van der Waals surface area contributed by atoms with E-state index in [9.17, 15) is 4.79 Å². The topological polar surface area (TPSA) is 84.2 Å². The quantitative estimate of drug-likeness (QED) is 0.421. The summed E-state index contributed by atoms with van der Waals surface area (Å²) in [6, 6.07) is 15.9. The van der Waals surface area contributed by atoms with Gasteiger partial charge in [-0.1, -0.05) is 30.3 Å². The average Bonchev–Trinajstić information content (AvgIpc) is 3.47. The molecule has 0 radical (unpaired) electrons. The number of ether oxygens (including phenoxy) is 1. The molecule has 1 atom stereocenters. The van der Waals surface area contributed by atoms with Crippen molar-refractivity contribution in [2.75, 3.05) is 14.2 Å². The van der Waals surface area contributed by atoms with Crippen molar-refractivity contribution in [1.82, 2.24) is 20.1 Å². The third-order valence-electron chi connectivity index (χ3n) is 5.92. The van der Waals surface area contributed by atoms with Crippen LogP contribution in [0.15, 0.2) is 59.1 Å². The van der Waals surface area contributed by atoms with Gasteiger partial charge < -0.3 is 19.0 Å². The third kappa shape index (κ3) is 4.82. The van der Waals surface area contributed by atoms with Crippen molar-refractivity contribution in [2.45, 2.75) is 38.6 Å². The number of methoxy groups -OCH3 is 1. The standard InChI is InChI=1S/C25H28N4O3/c1-17(18-8-11-20(31-3)12-9-18)29(2)25(30)15-14-24-28-27-23(32-24)13-10-19-16-26-22-7-5-4-6-21(19)22/h4-9,11-12,16-17,26H,10,13-15H2,1-3H3/t17-/m1/s1. The van der Waals surface area contributed by atoms with Gasteiger partial charge in [-0.25, -0.2) is 0 Å². The lowest BCUT2D eigenvalue weighted by molar-refractivity contribution is -0.131. The molecular formula is C25H28N4O3. The van der Waals surface area contributed by atoms with Crippen LogP contribution in [0.3, 0.4) is 0 Å². The Hall–Kier alpha value is -3.61. The van der Waals surface area contributed by atoms with Gasteiger partial charge in [-0.3, -0.25) is 4.79 Å². The lowest BCUT2D eigenvalue weighted by Crippen LogP contribution is -2.29. The van der Waals surface area contributed by atoms with E-state index >= 15 is 0 Å². The maximum atomic E-state index is 12.7. The van der Waals surface area contributed by atoms with Crippen LogP contribution in [0.5, 0.6) is 5.75 Å². The van der Waals surface area contributed by atoms with Crippen LogP contribution in [0.1, 0.15) is 42.3 Å². The Morgan fingerprint density at radius 1 is 1.06 bits per heavy atom. The van der Waals surface area contributed by atoms with Crippen LogP contribution >= 0.6 is 0 Å². The summed E-state index contributed by atoms with van der Waals surface area (Å²) in [4.78, 5) is 17.7. The number of amides is 1. The molecule has 1 N–H and O–H groups in total. The number of nitrogens with one attached hydrogen (secondary N) is 1. The molecule has 0 fully saturated rings. The van der Waals surface area contributed by atoms with Crippen LogP contribution in [-0.4, -0.2) is 40.1 Å². The zero-order chi connectivity index (χ0) is 22.5. The van der Waals surface area contributed by atoms with Crippen molar-refractivity contribution in [3.05, 3.63) is 77.6 Å². The Kier molecular flexibility index (Phi) is 6.54. The minimum atomic E-state index is -0.0391. The van der Waals surface area contributed by atoms with Crippen molar-refractivity contribution in [3.63, 3.8) is 0 Å². The van der Waals surface area contributed by atoms with E-state index in [0.717, 1.165) is 23.3 Å². The molecule has 0 saturated heterocycles. The first-order valence-electron chi connectivity index (χ1n) is 10.8. The van der Waals surface area contributed by atoms with E-state index in [2.05, 4.69) is 27.3 Å². The normalized spacial score (nSPS) is 12.1. The lowest BCUT2D eigenvalue weighted by atomic mass is 10.1. The Bertz CT molecular complexity index is 1180. The molecule has 4 rings (SSSR count). The van der Waals surface area contributed by atoms with Crippen LogP contribution in [0.4, 0.5) is 0 Å². The molecule has 2 aromatic heterocycles. The predicted molar refractivity (Wildman–Crippen MR) is 123 cm³/mol. The summed E-state index contributed by atoms with van der Waals surface area (Å²) in [5.74, 6) is 1.93. The molecule has 0 aliphatic heterocycles. The summed E-state index contributed by atoms with van der Waals surface area (Å²) in [5.41, 5.74) is 3.41. The number of aromatic nitrogens is 3. The molecule has 0 spiro atoms. The van der Waals surface area contributed by atoms with Gasteiger partial charge in [0.15, 0.2) is 0 Å². The fraction of sp³-hybridized carbons (Fsp3) is 0.320. The number of fused-ring (bicyclic) bond motifs is 1. The summed E-state index contributed by atoms with van der Waals surface area (Å²) >= 11 is 0. The maximum absolute atomic E-state index is 12.7. The Morgan fingerprint density at radius 3 is 2.53 bits per heavy atom. The van der Waals surface area contributed by atoms with E-state index in [1.54, 1.807) is 12.0 Å². The summed E-state index contributed by atoms with van der Waals surface area (Å²) in [6.07, 6.45) is 4.25. The van der Waals surface area contributed by atoms with Crippen LogP contribution < -0.4 is 4.74 Å².